The Kier molecular flexibility index (Phi) is 4.44. The van der Waals surface area contributed by atoms with Crippen LogP contribution in [0.25, 0.3) is 0 Å². The lowest BCUT2D eigenvalue weighted by Crippen LogP contribution is -2.31. The van der Waals surface area contributed by atoms with E-state index in [-0.39, 0.29) is 17.9 Å². The third kappa shape index (κ3) is 3.31. The smallest absolute Gasteiger partial charge is 0.271 e. The third-order valence-electron chi connectivity index (χ3n) is 3.88. The largest absolute Gasteiger partial charge is 0.373 e. The number of hydrogen-bond acceptors (Lipinski definition) is 4. The Morgan fingerprint density at radius 2 is 2.09 bits per heavy atom. The molecule has 1 aromatic heterocycles. The zero-order valence-electron chi connectivity index (χ0n) is 12.5. The standard InChI is InChI=1S/C17H19N3O2/c1-12-9-19-15(11-18-12)17(21)20-10-14-7-8-22-16(14)13-5-3-2-4-6-13/h2-6,9,11,14,16H,7-8,10H2,1H3,(H,20,21)/t14-,16-/m1/s1. The summed E-state index contributed by atoms with van der Waals surface area (Å²) in [5, 5.41) is 2.94. The minimum absolute atomic E-state index is 0.0469. The van der Waals surface area contributed by atoms with Gasteiger partial charge in [0.1, 0.15) is 5.69 Å². The highest BCUT2D eigenvalue weighted by atomic mass is 16.5. The highest BCUT2D eigenvalue weighted by molar-refractivity contribution is 5.91. The van der Waals surface area contributed by atoms with Gasteiger partial charge in [-0.05, 0) is 18.9 Å². The number of carbonyl (C=O) groups is 1. The summed E-state index contributed by atoms with van der Waals surface area (Å²) < 4.78 is 5.83. The summed E-state index contributed by atoms with van der Waals surface area (Å²) in [4.78, 5) is 20.3. The minimum atomic E-state index is -0.189. The lowest BCUT2D eigenvalue weighted by atomic mass is 9.95. The number of rotatable bonds is 4. The van der Waals surface area contributed by atoms with E-state index < -0.39 is 0 Å². The van der Waals surface area contributed by atoms with Crippen LogP contribution in [0, 0.1) is 12.8 Å². The van der Waals surface area contributed by atoms with Crippen molar-refractivity contribution in [3.63, 3.8) is 0 Å². The minimum Gasteiger partial charge on any atom is -0.373 e. The van der Waals surface area contributed by atoms with E-state index in [0.717, 1.165) is 24.3 Å². The number of aryl methyl sites for hydroxylation is 1. The van der Waals surface area contributed by atoms with Crippen LogP contribution in [0.4, 0.5) is 0 Å². The van der Waals surface area contributed by atoms with Crippen molar-refractivity contribution in [2.45, 2.75) is 19.4 Å². The van der Waals surface area contributed by atoms with Crippen molar-refractivity contribution < 1.29 is 9.53 Å². The lowest BCUT2D eigenvalue weighted by Gasteiger charge is -2.19. The molecule has 2 heterocycles. The summed E-state index contributed by atoms with van der Waals surface area (Å²) in [7, 11) is 0. The number of amides is 1. The van der Waals surface area contributed by atoms with Crippen molar-refractivity contribution in [3.8, 4) is 0 Å². The van der Waals surface area contributed by atoms with Crippen LogP contribution in [0.2, 0.25) is 0 Å². The number of hydrogen-bond donors (Lipinski definition) is 1. The maximum Gasteiger partial charge on any atom is 0.271 e. The molecule has 2 aromatic rings. The quantitative estimate of drug-likeness (QED) is 0.940. The average Bonchev–Trinajstić information content (AvgIpc) is 3.02. The fourth-order valence-corrected chi connectivity index (χ4v) is 2.68. The van der Waals surface area contributed by atoms with E-state index in [2.05, 4.69) is 27.4 Å². The second-order valence-electron chi connectivity index (χ2n) is 5.50. The van der Waals surface area contributed by atoms with Crippen molar-refractivity contribution in [1.29, 1.82) is 0 Å². The molecule has 1 aromatic carbocycles. The van der Waals surface area contributed by atoms with Gasteiger partial charge in [0.2, 0.25) is 0 Å². The molecule has 5 nitrogen and oxygen atoms in total. The van der Waals surface area contributed by atoms with Crippen LogP contribution < -0.4 is 5.32 Å². The SMILES string of the molecule is Cc1cnc(C(=O)NC[C@H]2CCO[C@@H]2c2ccccc2)cn1. The van der Waals surface area contributed by atoms with Crippen molar-refractivity contribution in [3.05, 3.63) is 59.7 Å². The van der Waals surface area contributed by atoms with Gasteiger partial charge in [-0.15, -0.1) is 0 Å². The molecule has 1 aliphatic rings. The van der Waals surface area contributed by atoms with Crippen molar-refractivity contribution in [2.75, 3.05) is 13.2 Å². The average molecular weight is 297 g/mol. The number of nitrogens with one attached hydrogen (secondary N) is 1. The zero-order chi connectivity index (χ0) is 15.4. The number of nitrogens with zero attached hydrogens (tertiary/aromatic N) is 2. The van der Waals surface area contributed by atoms with Gasteiger partial charge in [-0.3, -0.25) is 9.78 Å². The second kappa shape index (κ2) is 6.66. The van der Waals surface area contributed by atoms with E-state index in [4.69, 9.17) is 4.74 Å². The molecule has 1 saturated heterocycles. The van der Waals surface area contributed by atoms with Crippen LogP contribution in [0.1, 0.15) is 34.3 Å². The van der Waals surface area contributed by atoms with Gasteiger partial charge < -0.3 is 10.1 Å². The predicted octanol–water partition coefficient (Wildman–Crippen LogP) is 2.29. The summed E-state index contributed by atoms with van der Waals surface area (Å²) in [6, 6.07) is 10.1. The maximum atomic E-state index is 12.1. The first-order chi connectivity index (χ1) is 10.7. The van der Waals surface area contributed by atoms with Crippen LogP contribution in [0.3, 0.4) is 0 Å². The van der Waals surface area contributed by atoms with Crippen molar-refractivity contribution >= 4 is 5.91 Å². The van der Waals surface area contributed by atoms with Gasteiger partial charge in [0.05, 0.1) is 18.0 Å². The molecule has 22 heavy (non-hydrogen) atoms. The normalized spacial score (nSPS) is 20.8. The Bertz CT molecular complexity index is 628. The van der Waals surface area contributed by atoms with Crippen LogP contribution in [0.5, 0.6) is 0 Å². The fraction of sp³-hybridized carbons (Fsp3) is 0.353. The highest BCUT2D eigenvalue weighted by Gasteiger charge is 2.29. The molecule has 3 rings (SSSR count). The molecule has 1 N–H and O–H groups in total. The van der Waals surface area contributed by atoms with Crippen molar-refractivity contribution in [1.82, 2.24) is 15.3 Å². The summed E-state index contributed by atoms with van der Waals surface area (Å²) in [6.45, 7) is 3.15. The molecular weight excluding hydrogens is 278 g/mol. The Balaban J connectivity index is 1.61. The maximum absolute atomic E-state index is 12.1. The van der Waals surface area contributed by atoms with Gasteiger partial charge in [0, 0.05) is 25.3 Å². The number of aromatic nitrogens is 2. The van der Waals surface area contributed by atoms with Crippen LogP contribution in [0.15, 0.2) is 42.7 Å². The zero-order valence-corrected chi connectivity index (χ0v) is 12.5. The number of benzene rings is 1. The van der Waals surface area contributed by atoms with Gasteiger partial charge in [-0.2, -0.15) is 0 Å². The Morgan fingerprint density at radius 1 is 1.27 bits per heavy atom. The van der Waals surface area contributed by atoms with E-state index in [1.807, 2.05) is 25.1 Å². The monoisotopic (exact) mass is 297 g/mol. The van der Waals surface area contributed by atoms with E-state index >= 15 is 0 Å². The molecule has 0 aliphatic carbocycles. The second-order valence-corrected chi connectivity index (χ2v) is 5.50. The molecule has 1 aliphatic heterocycles. The fourth-order valence-electron chi connectivity index (χ4n) is 2.68. The highest BCUT2D eigenvalue weighted by Crippen LogP contribution is 2.33. The molecule has 2 atom stereocenters. The molecule has 1 fully saturated rings. The molecular formula is C17H19N3O2. The number of ether oxygens (including phenoxy) is 1. The molecule has 0 unspecified atom stereocenters. The first-order valence-corrected chi connectivity index (χ1v) is 7.47. The topological polar surface area (TPSA) is 64.1 Å². The Hall–Kier alpha value is -2.27. The molecule has 0 radical (unpaired) electrons. The molecule has 114 valence electrons. The first kappa shape index (κ1) is 14.7. The summed E-state index contributed by atoms with van der Waals surface area (Å²) in [5.41, 5.74) is 2.31. The van der Waals surface area contributed by atoms with Crippen LogP contribution >= 0.6 is 0 Å². The van der Waals surface area contributed by atoms with Crippen molar-refractivity contribution in [2.24, 2.45) is 5.92 Å². The van der Waals surface area contributed by atoms with Gasteiger partial charge in [-0.1, -0.05) is 30.3 Å². The predicted molar refractivity (Wildman–Crippen MR) is 82.3 cm³/mol. The Morgan fingerprint density at radius 3 is 2.82 bits per heavy atom. The lowest BCUT2D eigenvalue weighted by molar-refractivity contribution is 0.0844. The third-order valence-corrected chi connectivity index (χ3v) is 3.88. The molecule has 5 heteroatoms. The van der Waals surface area contributed by atoms with E-state index in [1.54, 1.807) is 6.20 Å². The van der Waals surface area contributed by atoms with E-state index in [1.165, 1.54) is 6.20 Å². The van der Waals surface area contributed by atoms with Crippen LogP contribution in [-0.2, 0) is 4.74 Å². The van der Waals surface area contributed by atoms with Crippen LogP contribution in [-0.4, -0.2) is 29.0 Å². The van der Waals surface area contributed by atoms with E-state index in [9.17, 15) is 4.79 Å². The molecule has 0 bridgehead atoms. The van der Waals surface area contributed by atoms with Gasteiger partial charge in [-0.25, -0.2) is 4.98 Å². The van der Waals surface area contributed by atoms with Gasteiger partial charge in [0.15, 0.2) is 0 Å². The summed E-state index contributed by atoms with van der Waals surface area (Å²) >= 11 is 0. The summed E-state index contributed by atoms with van der Waals surface area (Å²) in [6.07, 6.45) is 4.09. The van der Waals surface area contributed by atoms with Gasteiger partial charge >= 0.3 is 0 Å². The molecule has 0 saturated carbocycles. The molecule has 0 spiro atoms. The van der Waals surface area contributed by atoms with Gasteiger partial charge in [0.25, 0.3) is 5.91 Å². The van der Waals surface area contributed by atoms with E-state index in [0.29, 0.717) is 12.2 Å². The number of carbonyl (C=O) groups excluding carboxylic acids is 1. The first-order valence-electron chi connectivity index (χ1n) is 7.47. The molecule has 1 amide bonds. The Labute approximate surface area is 129 Å². The summed E-state index contributed by atoms with van der Waals surface area (Å²) in [5.74, 6) is 0.0935.